The van der Waals surface area contributed by atoms with Gasteiger partial charge in [-0.3, -0.25) is 4.79 Å². The minimum absolute atomic E-state index is 0.0857. The molecule has 5 heteroatoms. The molecule has 1 atom stereocenters. The molecule has 110 valence electrons. The first-order valence-electron chi connectivity index (χ1n) is 7.07. The third kappa shape index (κ3) is 4.51. The van der Waals surface area contributed by atoms with Crippen molar-refractivity contribution >= 4 is 11.6 Å². The van der Waals surface area contributed by atoms with Gasteiger partial charge < -0.3 is 20.1 Å². The van der Waals surface area contributed by atoms with Gasteiger partial charge in [-0.05, 0) is 38.4 Å². The number of anilines is 1. The SMILES string of the molecule is CNCC(=O)Nc1ccccc1OCC1CCCCO1. The van der Waals surface area contributed by atoms with Crippen LogP contribution >= 0.6 is 0 Å². The minimum Gasteiger partial charge on any atom is -0.489 e. The number of benzene rings is 1. The number of carbonyl (C=O) groups is 1. The molecule has 0 aromatic heterocycles. The van der Waals surface area contributed by atoms with E-state index in [4.69, 9.17) is 9.47 Å². The molecule has 0 aliphatic carbocycles. The zero-order valence-corrected chi connectivity index (χ0v) is 11.9. The average molecular weight is 278 g/mol. The second-order valence-corrected chi connectivity index (χ2v) is 4.87. The van der Waals surface area contributed by atoms with Gasteiger partial charge in [0, 0.05) is 6.61 Å². The maximum Gasteiger partial charge on any atom is 0.238 e. The molecule has 2 N–H and O–H groups in total. The molecule has 0 radical (unpaired) electrons. The number of carbonyl (C=O) groups excluding carboxylic acids is 1. The normalized spacial score (nSPS) is 18.6. The van der Waals surface area contributed by atoms with E-state index in [1.54, 1.807) is 7.05 Å². The Morgan fingerprint density at radius 3 is 3.00 bits per heavy atom. The molecule has 1 aliphatic rings. The zero-order chi connectivity index (χ0) is 14.2. The highest BCUT2D eigenvalue weighted by molar-refractivity contribution is 5.93. The van der Waals surface area contributed by atoms with Gasteiger partial charge in [0.05, 0.1) is 18.3 Å². The molecule has 1 unspecified atom stereocenters. The molecule has 5 nitrogen and oxygen atoms in total. The van der Waals surface area contributed by atoms with Crippen LogP contribution < -0.4 is 15.4 Å². The quantitative estimate of drug-likeness (QED) is 0.833. The van der Waals surface area contributed by atoms with Crippen molar-refractivity contribution in [3.8, 4) is 5.75 Å². The fraction of sp³-hybridized carbons (Fsp3) is 0.533. The molecule has 0 bridgehead atoms. The number of hydrogen-bond acceptors (Lipinski definition) is 4. The van der Waals surface area contributed by atoms with Gasteiger partial charge in [0.25, 0.3) is 0 Å². The Morgan fingerprint density at radius 1 is 1.40 bits per heavy atom. The number of ether oxygens (including phenoxy) is 2. The highest BCUT2D eigenvalue weighted by Crippen LogP contribution is 2.24. The summed E-state index contributed by atoms with van der Waals surface area (Å²) in [5.74, 6) is 0.601. The molecular weight excluding hydrogens is 256 g/mol. The average Bonchev–Trinajstić information content (AvgIpc) is 2.48. The van der Waals surface area contributed by atoms with Crippen molar-refractivity contribution in [2.75, 3.05) is 32.1 Å². The molecule has 1 amide bonds. The van der Waals surface area contributed by atoms with Crippen LogP contribution in [0.4, 0.5) is 5.69 Å². The lowest BCUT2D eigenvalue weighted by atomic mass is 10.1. The first-order valence-corrected chi connectivity index (χ1v) is 7.07. The Labute approximate surface area is 119 Å². The van der Waals surface area contributed by atoms with Crippen LogP contribution in [0.15, 0.2) is 24.3 Å². The summed E-state index contributed by atoms with van der Waals surface area (Å²) in [6.07, 6.45) is 3.51. The summed E-state index contributed by atoms with van der Waals surface area (Å²) in [6.45, 7) is 1.62. The van der Waals surface area contributed by atoms with Crippen molar-refractivity contribution in [2.45, 2.75) is 25.4 Å². The third-order valence-corrected chi connectivity index (χ3v) is 3.20. The number of amides is 1. The Morgan fingerprint density at radius 2 is 2.25 bits per heavy atom. The van der Waals surface area contributed by atoms with Crippen LogP contribution in [0, 0.1) is 0 Å². The van der Waals surface area contributed by atoms with E-state index in [0.29, 0.717) is 18.0 Å². The van der Waals surface area contributed by atoms with Gasteiger partial charge in [-0.15, -0.1) is 0 Å². The van der Waals surface area contributed by atoms with Gasteiger partial charge in [-0.1, -0.05) is 12.1 Å². The van der Waals surface area contributed by atoms with E-state index in [2.05, 4.69) is 10.6 Å². The summed E-state index contributed by atoms with van der Waals surface area (Å²) in [7, 11) is 1.74. The summed E-state index contributed by atoms with van der Waals surface area (Å²) in [6, 6.07) is 7.46. The molecule has 1 aromatic carbocycles. The predicted octanol–water partition coefficient (Wildman–Crippen LogP) is 1.79. The first kappa shape index (κ1) is 14.8. The second-order valence-electron chi connectivity index (χ2n) is 4.87. The summed E-state index contributed by atoms with van der Waals surface area (Å²) < 4.78 is 11.4. The van der Waals surface area contributed by atoms with Crippen LogP contribution in [0.5, 0.6) is 5.75 Å². The second kappa shape index (κ2) is 7.87. The van der Waals surface area contributed by atoms with Crippen LogP contribution in [-0.2, 0) is 9.53 Å². The fourth-order valence-corrected chi connectivity index (χ4v) is 2.17. The molecule has 2 rings (SSSR count). The van der Waals surface area contributed by atoms with Crippen molar-refractivity contribution < 1.29 is 14.3 Å². The van der Waals surface area contributed by atoms with E-state index in [9.17, 15) is 4.79 Å². The predicted molar refractivity (Wildman–Crippen MR) is 78.1 cm³/mol. The number of likely N-dealkylation sites (N-methyl/N-ethyl adjacent to an activating group) is 1. The zero-order valence-electron chi connectivity index (χ0n) is 11.9. The van der Waals surface area contributed by atoms with Gasteiger partial charge in [0.15, 0.2) is 0 Å². The molecule has 20 heavy (non-hydrogen) atoms. The Balaban J connectivity index is 1.91. The van der Waals surface area contributed by atoms with E-state index in [0.717, 1.165) is 19.4 Å². The molecule has 0 spiro atoms. The lowest BCUT2D eigenvalue weighted by Crippen LogP contribution is -2.27. The number of para-hydroxylation sites is 2. The molecule has 0 saturated carbocycles. The van der Waals surface area contributed by atoms with Crippen LogP contribution in [0.2, 0.25) is 0 Å². The van der Waals surface area contributed by atoms with Crippen LogP contribution in [-0.4, -0.2) is 38.8 Å². The lowest BCUT2D eigenvalue weighted by Gasteiger charge is -2.23. The van der Waals surface area contributed by atoms with E-state index in [-0.39, 0.29) is 18.6 Å². The number of hydrogen-bond donors (Lipinski definition) is 2. The van der Waals surface area contributed by atoms with Crippen molar-refractivity contribution in [2.24, 2.45) is 0 Å². The smallest absolute Gasteiger partial charge is 0.238 e. The molecule has 1 heterocycles. The Bertz CT molecular complexity index is 431. The van der Waals surface area contributed by atoms with Crippen molar-refractivity contribution in [1.29, 1.82) is 0 Å². The Kier molecular flexibility index (Phi) is 5.83. The minimum atomic E-state index is -0.0857. The summed E-state index contributed by atoms with van der Waals surface area (Å²) in [5.41, 5.74) is 0.698. The van der Waals surface area contributed by atoms with Crippen molar-refractivity contribution in [3.63, 3.8) is 0 Å². The van der Waals surface area contributed by atoms with E-state index in [1.807, 2.05) is 24.3 Å². The standard InChI is InChI=1S/C15H22N2O3/c1-16-10-15(18)17-13-7-2-3-8-14(13)20-11-12-6-4-5-9-19-12/h2-3,7-8,12,16H,4-6,9-11H2,1H3,(H,17,18). The highest BCUT2D eigenvalue weighted by atomic mass is 16.5. The van der Waals surface area contributed by atoms with Gasteiger partial charge >= 0.3 is 0 Å². The maximum atomic E-state index is 11.6. The largest absolute Gasteiger partial charge is 0.489 e. The number of nitrogens with one attached hydrogen (secondary N) is 2. The van der Waals surface area contributed by atoms with Gasteiger partial charge in [-0.25, -0.2) is 0 Å². The first-order chi connectivity index (χ1) is 9.79. The van der Waals surface area contributed by atoms with Gasteiger partial charge in [-0.2, -0.15) is 0 Å². The molecule has 1 aliphatic heterocycles. The Hall–Kier alpha value is -1.59. The monoisotopic (exact) mass is 278 g/mol. The van der Waals surface area contributed by atoms with E-state index in [1.165, 1.54) is 6.42 Å². The summed E-state index contributed by atoms with van der Waals surface area (Å²) in [5, 5.41) is 5.65. The molecular formula is C15H22N2O3. The van der Waals surface area contributed by atoms with Crippen LogP contribution in [0.3, 0.4) is 0 Å². The summed E-state index contributed by atoms with van der Waals surface area (Å²) >= 11 is 0. The van der Waals surface area contributed by atoms with Crippen molar-refractivity contribution in [3.05, 3.63) is 24.3 Å². The van der Waals surface area contributed by atoms with Crippen LogP contribution in [0.25, 0.3) is 0 Å². The van der Waals surface area contributed by atoms with Gasteiger partial charge in [0.1, 0.15) is 12.4 Å². The fourth-order valence-electron chi connectivity index (χ4n) is 2.17. The number of rotatable bonds is 6. The summed E-state index contributed by atoms with van der Waals surface area (Å²) in [4.78, 5) is 11.6. The van der Waals surface area contributed by atoms with Crippen LogP contribution in [0.1, 0.15) is 19.3 Å². The van der Waals surface area contributed by atoms with E-state index < -0.39 is 0 Å². The molecule has 1 saturated heterocycles. The molecule has 1 aromatic rings. The topological polar surface area (TPSA) is 59.6 Å². The molecule has 1 fully saturated rings. The highest BCUT2D eigenvalue weighted by Gasteiger charge is 2.15. The van der Waals surface area contributed by atoms with E-state index >= 15 is 0 Å². The maximum absolute atomic E-state index is 11.6. The lowest BCUT2D eigenvalue weighted by molar-refractivity contribution is -0.115. The van der Waals surface area contributed by atoms with Gasteiger partial charge in [0.2, 0.25) is 5.91 Å². The third-order valence-electron chi connectivity index (χ3n) is 3.20. The van der Waals surface area contributed by atoms with Crippen molar-refractivity contribution in [1.82, 2.24) is 5.32 Å².